The van der Waals surface area contributed by atoms with Crippen molar-refractivity contribution >= 4 is 0 Å². The van der Waals surface area contributed by atoms with Gasteiger partial charge in [0.2, 0.25) is 0 Å². The Labute approximate surface area is 109 Å². The Kier molecular flexibility index (Phi) is 3.39. The molecule has 4 atom stereocenters. The van der Waals surface area contributed by atoms with Crippen molar-refractivity contribution in [2.45, 2.75) is 50.4 Å². The molecule has 0 radical (unpaired) electrons. The minimum Gasteiger partial charge on any atom is -0.375 e. The van der Waals surface area contributed by atoms with Crippen molar-refractivity contribution in [1.29, 1.82) is 0 Å². The molecule has 0 spiro atoms. The fourth-order valence-electron chi connectivity index (χ4n) is 3.60. The number of hydrogen-bond donors (Lipinski definition) is 1. The molecule has 3 rings (SSSR count). The number of hydrogen-bond acceptors (Lipinski definition) is 3. The molecule has 18 heavy (non-hydrogen) atoms. The maximum Gasteiger partial charge on any atom is 0.0623 e. The van der Waals surface area contributed by atoms with Crippen LogP contribution < -0.4 is 5.32 Å². The first kappa shape index (κ1) is 12.2. The first-order valence-electron chi connectivity index (χ1n) is 7.06. The molecule has 2 bridgehead atoms. The highest BCUT2D eigenvalue weighted by atomic mass is 16.5. The van der Waals surface area contributed by atoms with Crippen molar-refractivity contribution in [2.24, 2.45) is 13.0 Å². The van der Waals surface area contributed by atoms with Gasteiger partial charge in [0.15, 0.2) is 0 Å². The number of fused-ring (bicyclic) bond motifs is 2. The van der Waals surface area contributed by atoms with Crippen molar-refractivity contribution < 1.29 is 4.74 Å². The maximum atomic E-state index is 5.97. The van der Waals surface area contributed by atoms with E-state index in [1.54, 1.807) is 0 Å². The normalized spacial score (nSPS) is 32.0. The molecule has 3 heterocycles. The van der Waals surface area contributed by atoms with E-state index in [1.165, 1.54) is 31.2 Å². The van der Waals surface area contributed by atoms with Gasteiger partial charge >= 0.3 is 0 Å². The predicted molar refractivity (Wildman–Crippen MR) is 70.4 cm³/mol. The summed E-state index contributed by atoms with van der Waals surface area (Å²) < 4.78 is 7.85. The fourth-order valence-corrected chi connectivity index (χ4v) is 3.60. The Morgan fingerprint density at radius 1 is 1.56 bits per heavy atom. The zero-order chi connectivity index (χ0) is 12.5. The standard InChI is InChI=1S/C14H23N3O/c1-15-13(5-3-10-8-16-17(2)9-10)12-7-11-4-6-14(12)18-11/h8-9,11-15H,3-7H2,1-2H3. The number of nitrogens with zero attached hydrogens (tertiary/aromatic N) is 2. The molecular weight excluding hydrogens is 226 g/mol. The van der Waals surface area contributed by atoms with Gasteiger partial charge in [-0.25, -0.2) is 0 Å². The van der Waals surface area contributed by atoms with Gasteiger partial charge in [-0.1, -0.05) is 0 Å². The van der Waals surface area contributed by atoms with E-state index < -0.39 is 0 Å². The average molecular weight is 249 g/mol. The van der Waals surface area contributed by atoms with E-state index in [0.29, 0.717) is 24.2 Å². The van der Waals surface area contributed by atoms with Crippen LogP contribution in [-0.4, -0.2) is 35.1 Å². The molecule has 2 aliphatic heterocycles. The predicted octanol–water partition coefficient (Wildman–Crippen LogP) is 1.51. The SMILES string of the molecule is CNC(CCc1cnn(C)c1)C1CC2CCC1O2. The Morgan fingerprint density at radius 3 is 3.00 bits per heavy atom. The zero-order valence-corrected chi connectivity index (χ0v) is 11.3. The summed E-state index contributed by atoms with van der Waals surface area (Å²) in [5.74, 6) is 0.713. The third-order valence-electron chi connectivity index (χ3n) is 4.54. The summed E-state index contributed by atoms with van der Waals surface area (Å²) in [6, 6.07) is 0.584. The summed E-state index contributed by atoms with van der Waals surface area (Å²) >= 11 is 0. The van der Waals surface area contributed by atoms with E-state index in [9.17, 15) is 0 Å². The van der Waals surface area contributed by atoms with Crippen LogP contribution in [0.5, 0.6) is 0 Å². The van der Waals surface area contributed by atoms with Crippen LogP contribution in [-0.2, 0) is 18.2 Å². The highest BCUT2D eigenvalue weighted by Crippen LogP contribution is 2.41. The lowest BCUT2D eigenvalue weighted by Crippen LogP contribution is -2.39. The van der Waals surface area contributed by atoms with Crippen molar-refractivity contribution in [3.63, 3.8) is 0 Å². The summed E-state index contributed by atoms with van der Waals surface area (Å²) in [4.78, 5) is 0. The van der Waals surface area contributed by atoms with Gasteiger partial charge in [0.1, 0.15) is 0 Å². The van der Waals surface area contributed by atoms with Gasteiger partial charge in [-0.15, -0.1) is 0 Å². The largest absolute Gasteiger partial charge is 0.375 e. The first-order valence-corrected chi connectivity index (χ1v) is 7.06. The number of aromatic nitrogens is 2. The molecule has 0 amide bonds. The Morgan fingerprint density at radius 2 is 2.44 bits per heavy atom. The Bertz CT molecular complexity index is 403. The number of nitrogens with one attached hydrogen (secondary N) is 1. The van der Waals surface area contributed by atoms with Crippen LogP contribution in [0.25, 0.3) is 0 Å². The second-order valence-corrected chi connectivity index (χ2v) is 5.73. The van der Waals surface area contributed by atoms with Gasteiger partial charge in [0.25, 0.3) is 0 Å². The lowest BCUT2D eigenvalue weighted by atomic mass is 9.82. The molecular formula is C14H23N3O. The van der Waals surface area contributed by atoms with Gasteiger partial charge < -0.3 is 10.1 Å². The number of ether oxygens (including phenoxy) is 1. The van der Waals surface area contributed by atoms with Crippen molar-refractivity contribution in [2.75, 3.05) is 7.05 Å². The molecule has 2 aliphatic rings. The van der Waals surface area contributed by atoms with Gasteiger partial charge in [0.05, 0.1) is 18.4 Å². The van der Waals surface area contributed by atoms with Gasteiger partial charge in [-0.05, 0) is 44.7 Å². The summed E-state index contributed by atoms with van der Waals surface area (Å²) in [6.07, 6.45) is 11.2. The topological polar surface area (TPSA) is 39.1 Å². The smallest absolute Gasteiger partial charge is 0.0623 e. The van der Waals surface area contributed by atoms with Crippen molar-refractivity contribution in [1.82, 2.24) is 15.1 Å². The average Bonchev–Trinajstić information content (AvgIpc) is 3.06. The van der Waals surface area contributed by atoms with Gasteiger partial charge in [-0.2, -0.15) is 5.10 Å². The Balaban J connectivity index is 1.56. The highest BCUT2D eigenvalue weighted by Gasteiger charge is 2.43. The fraction of sp³-hybridized carbons (Fsp3) is 0.786. The molecule has 0 aromatic carbocycles. The molecule has 4 nitrogen and oxygen atoms in total. The number of rotatable bonds is 5. The number of aryl methyl sites for hydroxylation is 2. The van der Waals surface area contributed by atoms with E-state index in [4.69, 9.17) is 4.74 Å². The molecule has 1 N–H and O–H groups in total. The van der Waals surface area contributed by atoms with E-state index in [2.05, 4.69) is 23.7 Å². The van der Waals surface area contributed by atoms with Crippen LogP contribution in [0.15, 0.2) is 12.4 Å². The second-order valence-electron chi connectivity index (χ2n) is 5.73. The van der Waals surface area contributed by atoms with Crippen LogP contribution in [0.3, 0.4) is 0 Å². The minimum absolute atomic E-state index is 0.515. The van der Waals surface area contributed by atoms with E-state index in [-0.39, 0.29) is 0 Å². The Hall–Kier alpha value is -0.870. The van der Waals surface area contributed by atoms with E-state index in [0.717, 1.165) is 6.42 Å². The minimum atomic E-state index is 0.515. The molecule has 1 aromatic heterocycles. The summed E-state index contributed by atoms with van der Waals surface area (Å²) in [5.41, 5.74) is 1.34. The third kappa shape index (κ3) is 2.31. The highest BCUT2D eigenvalue weighted by molar-refractivity contribution is 5.05. The first-order chi connectivity index (χ1) is 8.76. The maximum absolute atomic E-state index is 5.97. The monoisotopic (exact) mass is 249 g/mol. The molecule has 1 aromatic rings. The summed E-state index contributed by atoms with van der Waals surface area (Å²) in [7, 11) is 4.06. The van der Waals surface area contributed by atoms with Crippen LogP contribution >= 0.6 is 0 Å². The van der Waals surface area contributed by atoms with Crippen LogP contribution in [0.1, 0.15) is 31.2 Å². The molecule has 4 unspecified atom stereocenters. The van der Waals surface area contributed by atoms with Crippen LogP contribution in [0, 0.1) is 5.92 Å². The van der Waals surface area contributed by atoms with Crippen molar-refractivity contribution in [3.05, 3.63) is 18.0 Å². The molecule has 4 heteroatoms. The van der Waals surface area contributed by atoms with Gasteiger partial charge in [0, 0.05) is 25.2 Å². The van der Waals surface area contributed by atoms with Gasteiger partial charge in [-0.3, -0.25) is 4.68 Å². The molecule has 100 valence electrons. The van der Waals surface area contributed by atoms with Crippen LogP contribution in [0.4, 0.5) is 0 Å². The quantitative estimate of drug-likeness (QED) is 0.859. The lowest BCUT2D eigenvalue weighted by Gasteiger charge is -2.28. The molecule has 0 saturated carbocycles. The van der Waals surface area contributed by atoms with Crippen molar-refractivity contribution in [3.8, 4) is 0 Å². The molecule has 0 aliphatic carbocycles. The van der Waals surface area contributed by atoms with Crippen LogP contribution in [0.2, 0.25) is 0 Å². The lowest BCUT2D eigenvalue weighted by molar-refractivity contribution is 0.0856. The molecule has 2 saturated heterocycles. The zero-order valence-electron chi connectivity index (χ0n) is 11.3. The summed E-state index contributed by atoms with van der Waals surface area (Å²) in [5, 5.41) is 7.73. The van der Waals surface area contributed by atoms with E-state index >= 15 is 0 Å². The third-order valence-corrected chi connectivity index (χ3v) is 4.54. The second kappa shape index (κ2) is 5.02. The molecule has 2 fully saturated rings. The van der Waals surface area contributed by atoms with E-state index in [1.807, 2.05) is 17.9 Å². The summed E-state index contributed by atoms with van der Waals surface area (Å²) in [6.45, 7) is 0.